The number of benzene rings is 2. The summed E-state index contributed by atoms with van der Waals surface area (Å²) in [7, 11) is -2.00. The van der Waals surface area contributed by atoms with Crippen LogP contribution in [0.25, 0.3) is 0 Å². The molecule has 0 aliphatic rings. The van der Waals surface area contributed by atoms with Crippen LogP contribution in [0.2, 0.25) is 5.02 Å². The van der Waals surface area contributed by atoms with Gasteiger partial charge in [0.05, 0.1) is 28.6 Å². The van der Waals surface area contributed by atoms with Crippen molar-refractivity contribution in [3.63, 3.8) is 0 Å². The van der Waals surface area contributed by atoms with Gasteiger partial charge in [0, 0.05) is 7.05 Å². The monoisotopic (exact) mass is 408 g/mol. The first kappa shape index (κ1) is 21.3. The summed E-state index contributed by atoms with van der Waals surface area (Å²) in [6.45, 7) is 6.05. The molecule has 27 heavy (non-hydrogen) atoms. The van der Waals surface area contributed by atoms with Crippen LogP contribution >= 0.6 is 11.6 Å². The third-order valence-corrected chi connectivity index (χ3v) is 6.11. The Labute approximate surface area is 166 Å². The maximum absolute atomic E-state index is 12.8. The highest BCUT2D eigenvalue weighted by Gasteiger charge is 2.20. The molecule has 0 heterocycles. The Hall–Kier alpha value is -2.05. The average Bonchev–Trinajstić information content (AvgIpc) is 2.59. The van der Waals surface area contributed by atoms with Gasteiger partial charge in [-0.3, -0.25) is 9.10 Å². The van der Waals surface area contributed by atoms with E-state index in [2.05, 4.69) is 11.4 Å². The average molecular weight is 409 g/mol. The van der Waals surface area contributed by atoms with Crippen LogP contribution in [0.1, 0.15) is 46.4 Å². The van der Waals surface area contributed by atoms with Crippen LogP contribution < -0.4 is 9.62 Å². The molecule has 146 valence electrons. The molecular formula is C20H25ClN2O3S. The Morgan fingerprint density at radius 2 is 1.85 bits per heavy atom. The molecule has 0 spiro atoms. The summed E-state index contributed by atoms with van der Waals surface area (Å²) in [5.74, 6) is -0.337. The Kier molecular flexibility index (Phi) is 6.54. The standard InChI is InChI=1S/C20H25ClN2O3S/c1-6-19(16-9-7-13(2)11-14(16)3)22-20(24)17-12-15(8-10-18(17)21)23(4)27(5,25)26/h7-12,19H,6H2,1-5H3,(H,22,24). The number of aryl methyl sites for hydroxylation is 2. The zero-order valence-corrected chi connectivity index (χ0v) is 17.8. The van der Waals surface area contributed by atoms with Crippen molar-refractivity contribution in [2.24, 2.45) is 0 Å². The Morgan fingerprint density at radius 3 is 2.41 bits per heavy atom. The molecular weight excluding hydrogens is 384 g/mol. The lowest BCUT2D eigenvalue weighted by Crippen LogP contribution is -2.29. The van der Waals surface area contributed by atoms with Crippen LogP contribution in [0.5, 0.6) is 0 Å². The molecule has 7 heteroatoms. The molecule has 0 aliphatic carbocycles. The molecule has 0 saturated heterocycles. The zero-order chi connectivity index (χ0) is 20.4. The number of nitrogens with zero attached hydrogens (tertiary/aromatic N) is 1. The summed E-state index contributed by atoms with van der Waals surface area (Å²) in [6, 6.07) is 10.6. The number of anilines is 1. The van der Waals surface area contributed by atoms with Gasteiger partial charge in [0.2, 0.25) is 10.0 Å². The largest absolute Gasteiger partial charge is 0.345 e. The number of hydrogen-bond acceptors (Lipinski definition) is 3. The first-order chi connectivity index (χ1) is 12.5. The van der Waals surface area contributed by atoms with Gasteiger partial charge in [0.1, 0.15) is 0 Å². The number of hydrogen-bond donors (Lipinski definition) is 1. The third-order valence-electron chi connectivity index (χ3n) is 4.57. The lowest BCUT2D eigenvalue weighted by Gasteiger charge is -2.21. The van der Waals surface area contributed by atoms with E-state index in [4.69, 9.17) is 11.6 Å². The van der Waals surface area contributed by atoms with E-state index in [0.29, 0.717) is 5.69 Å². The molecule has 0 bridgehead atoms. The maximum atomic E-state index is 12.8. The molecule has 2 aromatic rings. The van der Waals surface area contributed by atoms with Crippen molar-refractivity contribution in [1.29, 1.82) is 0 Å². The fourth-order valence-corrected chi connectivity index (χ4v) is 3.63. The summed E-state index contributed by atoms with van der Waals surface area (Å²) in [5, 5.41) is 3.29. The van der Waals surface area contributed by atoms with Gasteiger partial charge in [-0.1, -0.05) is 42.3 Å². The van der Waals surface area contributed by atoms with Gasteiger partial charge in [0.15, 0.2) is 0 Å². The van der Waals surface area contributed by atoms with Gasteiger partial charge >= 0.3 is 0 Å². The van der Waals surface area contributed by atoms with Gasteiger partial charge in [-0.05, 0) is 49.6 Å². The summed E-state index contributed by atoms with van der Waals surface area (Å²) in [4.78, 5) is 12.8. The summed E-state index contributed by atoms with van der Waals surface area (Å²) in [5.41, 5.74) is 3.95. The zero-order valence-electron chi connectivity index (χ0n) is 16.2. The van der Waals surface area contributed by atoms with Gasteiger partial charge in [-0.25, -0.2) is 8.42 Å². The number of carbonyl (C=O) groups excluding carboxylic acids is 1. The van der Waals surface area contributed by atoms with Crippen molar-refractivity contribution in [3.05, 3.63) is 63.7 Å². The third kappa shape index (κ3) is 5.02. The number of carbonyl (C=O) groups is 1. The highest BCUT2D eigenvalue weighted by atomic mass is 35.5. The van der Waals surface area contributed by atoms with E-state index in [1.807, 2.05) is 32.9 Å². The Bertz CT molecular complexity index is 958. The van der Waals surface area contributed by atoms with Crippen LogP contribution in [0.4, 0.5) is 5.69 Å². The summed E-state index contributed by atoms with van der Waals surface area (Å²) < 4.78 is 24.6. The number of nitrogens with one attached hydrogen (secondary N) is 1. The van der Waals surface area contributed by atoms with Crippen molar-refractivity contribution in [2.75, 3.05) is 17.6 Å². The molecule has 1 amide bonds. The number of rotatable bonds is 6. The topological polar surface area (TPSA) is 66.5 Å². The summed E-state index contributed by atoms with van der Waals surface area (Å²) in [6.07, 6.45) is 1.82. The molecule has 1 unspecified atom stereocenters. The van der Waals surface area contributed by atoms with Crippen LogP contribution in [-0.4, -0.2) is 27.6 Å². The molecule has 5 nitrogen and oxygen atoms in total. The predicted octanol–water partition coefficient (Wildman–Crippen LogP) is 4.23. The van der Waals surface area contributed by atoms with Crippen LogP contribution in [0.3, 0.4) is 0 Å². The molecule has 1 N–H and O–H groups in total. The van der Waals surface area contributed by atoms with Crippen molar-refractivity contribution in [3.8, 4) is 0 Å². The molecule has 1 atom stereocenters. The van der Waals surface area contributed by atoms with Crippen molar-refractivity contribution < 1.29 is 13.2 Å². The number of sulfonamides is 1. The lowest BCUT2D eigenvalue weighted by molar-refractivity contribution is 0.0935. The normalized spacial score (nSPS) is 12.5. The second-order valence-electron chi connectivity index (χ2n) is 6.69. The fraction of sp³-hybridized carbons (Fsp3) is 0.350. The van der Waals surface area contributed by atoms with Crippen LogP contribution in [0, 0.1) is 13.8 Å². The number of amides is 1. The molecule has 0 aromatic heterocycles. The highest BCUT2D eigenvalue weighted by molar-refractivity contribution is 7.92. The molecule has 0 fully saturated rings. The van der Waals surface area contributed by atoms with E-state index < -0.39 is 10.0 Å². The molecule has 0 aliphatic heterocycles. The second kappa shape index (κ2) is 8.31. The molecule has 0 radical (unpaired) electrons. The van der Waals surface area contributed by atoms with E-state index >= 15 is 0 Å². The predicted molar refractivity (Wildman–Crippen MR) is 111 cm³/mol. The van der Waals surface area contributed by atoms with E-state index in [-0.39, 0.29) is 22.5 Å². The first-order valence-corrected chi connectivity index (χ1v) is 10.9. The minimum absolute atomic E-state index is 0.162. The molecule has 0 saturated carbocycles. The van der Waals surface area contributed by atoms with Crippen LogP contribution in [-0.2, 0) is 10.0 Å². The SMILES string of the molecule is CCC(NC(=O)c1cc(N(C)S(C)(=O)=O)ccc1Cl)c1ccc(C)cc1C. The van der Waals surface area contributed by atoms with Crippen molar-refractivity contribution in [1.82, 2.24) is 5.32 Å². The minimum Gasteiger partial charge on any atom is -0.345 e. The number of halogens is 1. The van der Waals surface area contributed by atoms with Gasteiger partial charge in [-0.15, -0.1) is 0 Å². The maximum Gasteiger partial charge on any atom is 0.253 e. The Balaban J connectivity index is 2.33. The minimum atomic E-state index is -3.43. The van der Waals surface area contributed by atoms with E-state index in [9.17, 15) is 13.2 Å². The van der Waals surface area contributed by atoms with Crippen LogP contribution in [0.15, 0.2) is 36.4 Å². The van der Waals surface area contributed by atoms with E-state index in [1.54, 1.807) is 6.07 Å². The quantitative estimate of drug-likeness (QED) is 0.777. The molecule has 2 rings (SSSR count). The Morgan fingerprint density at radius 1 is 1.19 bits per heavy atom. The lowest BCUT2D eigenvalue weighted by atomic mass is 9.97. The highest BCUT2D eigenvalue weighted by Crippen LogP contribution is 2.26. The van der Waals surface area contributed by atoms with Gasteiger partial charge in [0.25, 0.3) is 5.91 Å². The van der Waals surface area contributed by atoms with Gasteiger partial charge < -0.3 is 5.32 Å². The fourth-order valence-electron chi connectivity index (χ4n) is 2.93. The molecule has 2 aromatic carbocycles. The second-order valence-corrected chi connectivity index (χ2v) is 9.11. The van der Waals surface area contributed by atoms with E-state index in [1.165, 1.54) is 19.2 Å². The van der Waals surface area contributed by atoms with Gasteiger partial charge in [-0.2, -0.15) is 0 Å². The van der Waals surface area contributed by atoms with Crippen molar-refractivity contribution in [2.45, 2.75) is 33.2 Å². The first-order valence-electron chi connectivity index (χ1n) is 8.66. The summed E-state index contributed by atoms with van der Waals surface area (Å²) >= 11 is 6.21. The smallest absolute Gasteiger partial charge is 0.253 e. The van der Waals surface area contributed by atoms with Crippen molar-refractivity contribution >= 4 is 33.2 Å². The van der Waals surface area contributed by atoms with E-state index in [0.717, 1.165) is 33.7 Å².